The number of ether oxygens (including phenoxy) is 1. The molecule has 7 rings (SSSR count). The summed E-state index contributed by atoms with van der Waals surface area (Å²) in [5.74, 6) is 3.02. The summed E-state index contributed by atoms with van der Waals surface area (Å²) in [6, 6.07) is 17.6. The van der Waals surface area contributed by atoms with Crippen molar-refractivity contribution in [1.29, 1.82) is 0 Å². The van der Waals surface area contributed by atoms with Crippen molar-refractivity contribution in [2.24, 2.45) is 5.41 Å². The molecule has 3 aromatic rings. The summed E-state index contributed by atoms with van der Waals surface area (Å²) in [7, 11) is 0. The van der Waals surface area contributed by atoms with E-state index in [1.807, 2.05) is 0 Å². The Morgan fingerprint density at radius 2 is 1.86 bits per heavy atom. The predicted molar refractivity (Wildman–Crippen MR) is 146 cm³/mol. The number of aryl methyl sites for hydroxylation is 2. The molecule has 4 atom stereocenters. The van der Waals surface area contributed by atoms with E-state index >= 15 is 0 Å². The molecule has 0 N–H and O–H groups in total. The molecule has 0 bridgehead atoms. The zero-order valence-corrected chi connectivity index (χ0v) is 21.3. The van der Waals surface area contributed by atoms with E-state index in [0.29, 0.717) is 11.8 Å². The van der Waals surface area contributed by atoms with E-state index in [2.05, 4.69) is 98.8 Å². The summed E-state index contributed by atoms with van der Waals surface area (Å²) in [6.45, 7) is 4.64. The lowest BCUT2D eigenvalue weighted by Gasteiger charge is -2.41. The number of fused-ring (bicyclic) bond motifs is 7. The van der Waals surface area contributed by atoms with Gasteiger partial charge in [0.1, 0.15) is 22.7 Å². The monoisotopic (exact) mass is 474 g/mol. The topological polar surface area (TPSA) is 22.4 Å². The molecule has 2 heterocycles. The first kappa shape index (κ1) is 22.0. The molecule has 3 aliphatic carbocycles. The highest BCUT2D eigenvalue weighted by Gasteiger charge is 2.49. The van der Waals surface area contributed by atoms with Crippen LogP contribution in [0.3, 0.4) is 0 Å². The Kier molecular flexibility index (Phi) is 4.96. The van der Waals surface area contributed by atoms with Crippen molar-refractivity contribution in [3.8, 4) is 0 Å². The third-order valence-corrected chi connectivity index (χ3v) is 8.92. The number of hydrogen-bond donors (Lipinski definition) is 0. The number of rotatable bonds is 6. The number of furan rings is 1. The zero-order chi connectivity index (χ0) is 24.3. The van der Waals surface area contributed by atoms with Crippen molar-refractivity contribution in [2.75, 3.05) is 0 Å². The summed E-state index contributed by atoms with van der Waals surface area (Å²) >= 11 is 0. The van der Waals surface area contributed by atoms with Crippen LogP contribution in [0.4, 0.5) is 0 Å². The van der Waals surface area contributed by atoms with Gasteiger partial charge in [-0.15, -0.1) is 0 Å². The Hall–Kier alpha value is -3.26. The number of allylic oxidation sites excluding steroid dienone is 7. The maximum atomic E-state index is 6.79. The highest BCUT2D eigenvalue weighted by Crippen LogP contribution is 2.60. The van der Waals surface area contributed by atoms with Crippen LogP contribution < -0.4 is 0 Å². The van der Waals surface area contributed by atoms with Gasteiger partial charge < -0.3 is 9.15 Å². The van der Waals surface area contributed by atoms with Gasteiger partial charge in [0.05, 0.1) is 5.92 Å². The molecule has 4 aliphatic rings. The lowest BCUT2D eigenvalue weighted by molar-refractivity contribution is 0.0252. The van der Waals surface area contributed by atoms with Crippen molar-refractivity contribution in [3.05, 3.63) is 119 Å². The van der Waals surface area contributed by atoms with E-state index < -0.39 is 0 Å². The van der Waals surface area contributed by atoms with Gasteiger partial charge in [-0.3, -0.25) is 0 Å². The normalized spacial score (nSPS) is 29.6. The molecule has 1 aliphatic heterocycles. The Labute approximate surface area is 214 Å². The van der Waals surface area contributed by atoms with Crippen molar-refractivity contribution in [2.45, 2.75) is 69.8 Å². The molecule has 1 aromatic heterocycles. The van der Waals surface area contributed by atoms with Gasteiger partial charge in [0.2, 0.25) is 0 Å². The molecule has 2 heteroatoms. The highest BCUT2D eigenvalue weighted by molar-refractivity contribution is 5.86. The summed E-state index contributed by atoms with van der Waals surface area (Å²) in [6.07, 6.45) is 20.0. The molecule has 36 heavy (non-hydrogen) atoms. The van der Waals surface area contributed by atoms with Crippen LogP contribution >= 0.6 is 0 Å². The van der Waals surface area contributed by atoms with E-state index in [1.165, 1.54) is 33.4 Å². The van der Waals surface area contributed by atoms with Crippen LogP contribution in [0.2, 0.25) is 0 Å². The minimum absolute atomic E-state index is 0.129. The van der Waals surface area contributed by atoms with Gasteiger partial charge in [-0.1, -0.05) is 85.8 Å². The Balaban J connectivity index is 1.10. The fourth-order valence-electron chi connectivity index (χ4n) is 6.75. The third kappa shape index (κ3) is 3.61. The second-order valence-corrected chi connectivity index (χ2v) is 11.8. The summed E-state index contributed by atoms with van der Waals surface area (Å²) in [4.78, 5) is 0. The minimum atomic E-state index is -0.129. The van der Waals surface area contributed by atoms with E-state index in [0.717, 1.165) is 49.9 Å². The first-order valence-corrected chi connectivity index (χ1v) is 13.5. The second-order valence-electron chi connectivity index (χ2n) is 11.8. The molecule has 4 unspecified atom stereocenters. The molecular formula is C34H34O2. The molecule has 0 spiro atoms. The maximum Gasteiger partial charge on any atom is 0.138 e. The van der Waals surface area contributed by atoms with Gasteiger partial charge >= 0.3 is 0 Å². The first-order valence-electron chi connectivity index (χ1n) is 13.5. The van der Waals surface area contributed by atoms with Crippen LogP contribution in [0, 0.1) is 5.41 Å². The number of hydrogen-bond acceptors (Lipinski definition) is 2. The minimum Gasteiger partial charge on any atom is -0.491 e. The summed E-state index contributed by atoms with van der Waals surface area (Å²) in [5.41, 5.74) is 6.73. The van der Waals surface area contributed by atoms with Crippen molar-refractivity contribution in [3.63, 3.8) is 0 Å². The lowest BCUT2D eigenvalue weighted by Crippen LogP contribution is -2.30. The molecule has 2 aromatic carbocycles. The van der Waals surface area contributed by atoms with Gasteiger partial charge in [-0.05, 0) is 60.8 Å². The van der Waals surface area contributed by atoms with E-state index in [1.54, 1.807) is 0 Å². The highest BCUT2D eigenvalue weighted by atomic mass is 16.5. The molecule has 182 valence electrons. The van der Waals surface area contributed by atoms with Crippen molar-refractivity contribution in [1.82, 2.24) is 0 Å². The van der Waals surface area contributed by atoms with Crippen molar-refractivity contribution >= 4 is 11.0 Å². The Bertz CT molecular complexity index is 1450. The average Bonchev–Trinajstić information content (AvgIpc) is 3.44. The molecule has 2 nitrogen and oxygen atoms in total. The average molecular weight is 475 g/mol. The second kappa shape index (κ2) is 8.13. The van der Waals surface area contributed by atoms with E-state index in [9.17, 15) is 0 Å². The molecule has 0 saturated heterocycles. The van der Waals surface area contributed by atoms with Gasteiger partial charge in [0.25, 0.3) is 0 Å². The SMILES string of the molecule is CC1(CCc2cc3ccc4c(c3o2)C2C=CC3=C(OC(C)(CCc5ccccc5)C3)C42)C=CC=CC1. The molecule has 0 radical (unpaired) electrons. The van der Waals surface area contributed by atoms with E-state index in [4.69, 9.17) is 9.15 Å². The fourth-order valence-corrected chi connectivity index (χ4v) is 6.75. The van der Waals surface area contributed by atoms with E-state index in [-0.39, 0.29) is 11.0 Å². The van der Waals surface area contributed by atoms with Crippen LogP contribution in [-0.2, 0) is 17.6 Å². The summed E-state index contributed by atoms with van der Waals surface area (Å²) in [5, 5.41) is 1.24. The van der Waals surface area contributed by atoms with Crippen LogP contribution in [-0.4, -0.2) is 5.60 Å². The van der Waals surface area contributed by atoms with Gasteiger partial charge in [0.15, 0.2) is 0 Å². The van der Waals surface area contributed by atoms with Crippen LogP contribution in [0.1, 0.15) is 73.8 Å². The first-order chi connectivity index (χ1) is 17.5. The molecular weight excluding hydrogens is 440 g/mol. The molecule has 0 fully saturated rings. The molecule has 0 amide bonds. The standard InChI is InChI=1S/C34H34O2/c1-33(17-7-4-8-18-33)19-16-26-21-24-11-13-27-29(31(24)35-26)28-14-12-25-22-34(2,36-32(25)30(27)28)20-15-23-9-5-3-6-10-23/h3-14,17,21,28,30H,15-16,18-20,22H2,1-2H3. The van der Waals surface area contributed by atoms with Gasteiger partial charge in [0, 0.05) is 29.7 Å². The quantitative estimate of drug-likeness (QED) is 0.356. The molecule has 0 saturated carbocycles. The van der Waals surface area contributed by atoms with Crippen molar-refractivity contribution < 1.29 is 9.15 Å². The van der Waals surface area contributed by atoms with Gasteiger partial charge in [-0.2, -0.15) is 0 Å². The predicted octanol–water partition coefficient (Wildman–Crippen LogP) is 8.70. The van der Waals surface area contributed by atoms with Crippen LogP contribution in [0.25, 0.3) is 11.0 Å². The lowest BCUT2D eigenvalue weighted by atomic mass is 9.64. The smallest absolute Gasteiger partial charge is 0.138 e. The zero-order valence-electron chi connectivity index (χ0n) is 21.3. The number of benzene rings is 2. The fraction of sp³-hybridized carbons (Fsp3) is 0.353. The van der Waals surface area contributed by atoms with Crippen LogP contribution in [0.5, 0.6) is 0 Å². The Morgan fingerprint density at radius 3 is 2.69 bits per heavy atom. The maximum absolute atomic E-state index is 6.79. The third-order valence-electron chi connectivity index (χ3n) is 8.92. The van der Waals surface area contributed by atoms with Gasteiger partial charge in [-0.25, -0.2) is 0 Å². The van der Waals surface area contributed by atoms with Crippen LogP contribution in [0.15, 0.2) is 101 Å². The largest absolute Gasteiger partial charge is 0.491 e. The summed E-state index contributed by atoms with van der Waals surface area (Å²) < 4.78 is 13.3. The Morgan fingerprint density at radius 1 is 0.972 bits per heavy atom.